The van der Waals surface area contributed by atoms with Crippen molar-refractivity contribution in [1.29, 1.82) is 0 Å². The molecule has 3 nitrogen and oxygen atoms in total. The molecule has 2 aliphatic rings. The van der Waals surface area contributed by atoms with E-state index in [2.05, 4.69) is 21.9 Å². The van der Waals surface area contributed by atoms with Crippen LogP contribution >= 0.6 is 11.6 Å². The number of nitrogens with zero attached hydrogens (tertiary/aromatic N) is 3. The van der Waals surface area contributed by atoms with Crippen molar-refractivity contribution < 1.29 is 0 Å². The molecule has 0 bridgehead atoms. The fourth-order valence-corrected chi connectivity index (χ4v) is 2.79. The third kappa shape index (κ3) is 2.39. The molecule has 0 saturated heterocycles. The smallest absolute Gasteiger partial charge is 0.135 e. The first kappa shape index (κ1) is 11.3. The maximum absolute atomic E-state index is 6.09. The molecule has 3 rings (SSSR count). The summed E-state index contributed by atoms with van der Waals surface area (Å²) in [6, 6.07) is 2.53. The molecule has 0 spiro atoms. The zero-order chi connectivity index (χ0) is 11.8. The van der Waals surface area contributed by atoms with Crippen molar-refractivity contribution in [3.05, 3.63) is 17.0 Å². The van der Waals surface area contributed by atoms with Crippen molar-refractivity contribution in [2.24, 2.45) is 0 Å². The zero-order valence-electron chi connectivity index (χ0n) is 10.2. The lowest BCUT2D eigenvalue weighted by Crippen LogP contribution is -2.29. The van der Waals surface area contributed by atoms with Gasteiger partial charge in [0.15, 0.2) is 0 Å². The second-order valence-corrected chi connectivity index (χ2v) is 5.62. The van der Waals surface area contributed by atoms with Gasteiger partial charge in [-0.15, -0.1) is 0 Å². The second-order valence-electron chi connectivity index (χ2n) is 5.23. The van der Waals surface area contributed by atoms with Crippen molar-refractivity contribution in [2.45, 2.75) is 50.5 Å². The minimum atomic E-state index is 0.560. The Labute approximate surface area is 107 Å². The average molecular weight is 252 g/mol. The lowest BCUT2D eigenvalue weighted by Gasteiger charge is -2.25. The van der Waals surface area contributed by atoms with Crippen LogP contribution < -0.4 is 4.90 Å². The minimum Gasteiger partial charge on any atom is -0.357 e. The molecule has 4 heteroatoms. The summed E-state index contributed by atoms with van der Waals surface area (Å²) in [6.45, 7) is 0. The van der Waals surface area contributed by atoms with Gasteiger partial charge in [0.1, 0.15) is 16.8 Å². The van der Waals surface area contributed by atoms with Gasteiger partial charge >= 0.3 is 0 Å². The minimum absolute atomic E-state index is 0.560. The van der Waals surface area contributed by atoms with Gasteiger partial charge in [-0.3, -0.25) is 0 Å². The van der Waals surface area contributed by atoms with E-state index in [1.165, 1.54) is 38.5 Å². The number of anilines is 1. The number of hydrogen-bond acceptors (Lipinski definition) is 3. The van der Waals surface area contributed by atoms with E-state index in [0.717, 1.165) is 11.6 Å². The summed E-state index contributed by atoms with van der Waals surface area (Å²) in [5, 5.41) is 0.585. The van der Waals surface area contributed by atoms with Gasteiger partial charge in [-0.1, -0.05) is 24.4 Å². The van der Waals surface area contributed by atoms with Crippen molar-refractivity contribution in [2.75, 3.05) is 11.9 Å². The Hall–Kier alpha value is -0.830. The van der Waals surface area contributed by atoms with Gasteiger partial charge in [-0.2, -0.15) is 0 Å². The summed E-state index contributed by atoms with van der Waals surface area (Å²) >= 11 is 6.09. The summed E-state index contributed by atoms with van der Waals surface area (Å²) in [7, 11) is 2.13. The van der Waals surface area contributed by atoms with Crippen LogP contribution in [0.4, 0.5) is 5.82 Å². The lowest BCUT2D eigenvalue weighted by molar-refractivity contribution is 0.643. The van der Waals surface area contributed by atoms with Crippen LogP contribution in [0.15, 0.2) is 6.07 Å². The number of halogens is 1. The Morgan fingerprint density at radius 2 is 1.88 bits per heavy atom. The molecule has 2 fully saturated rings. The van der Waals surface area contributed by atoms with E-state index in [0.29, 0.717) is 17.1 Å². The first-order valence-corrected chi connectivity index (χ1v) is 6.89. The van der Waals surface area contributed by atoms with Gasteiger partial charge < -0.3 is 4.90 Å². The molecule has 0 radical (unpaired) electrons. The second kappa shape index (κ2) is 4.45. The molecular weight excluding hydrogens is 234 g/mol. The highest BCUT2D eigenvalue weighted by Crippen LogP contribution is 2.39. The highest BCUT2D eigenvalue weighted by Gasteiger charge is 2.28. The SMILES string of the molecule is CN(c1cc(Cl)nc(C2CC2)n1)C1CCCC1. The van der Waals surface area contributed by atoms with Crippen LogP contribution in [0.5, 0.6) is 0 Å². The number of aromatic nitrogens is 2. The van der Waals surface area contributed by atoms with Crippen LogP contribution in [0.1, 0.15) is 50.3 Å². The summed E-state index contributed by atoms with van der Waals surface area (Å²) in [4.78, 5) is 11.3. The molecule has 92 valence electrons. The third-order valence-electron chi connectivity index (χ3n) is 3.87. The average Bonchev–Trinajstić information content (AvgIpc) is 3.03. The van der Waals surface area contributed by atoms with E-state index < -0.39 is 0 Å². The van der Waals surface area contributed by atoms with Gasteiger partial charge in [0.2, 0.25) is 0 Å². The summed E-state index contributed by atoms with van der Waals surface area (Å²) in [5.74, 6) is 2.50. The van der Waals surface area contributed by atoms with E-state index in [-0.39, 0.29) is 0 Å². The van der Waals surface area contributed by atoms with Crippen LogP contribution in [0.2, 0.25) is 5.15 Å². The molecule has 0 unspecified atom stereocenters. The Kier molecular flexibility index (Phi) is 2.95. The van der Waals surface area contributed by atoms with E-state index in [4.69, 9.17) is 11.6 Å². The summed E-state index contributed by atoms with van der Waals surface area (Å²) in [5.41, 5.74) is 0. The predicted molar refractivity (Wildman–Crippen MR) is 69.7 cm³/mol. The predicted octanol–water partition coefficient (Wildman–Crippen LogP) is 3.39. The van der Waals surface area contributed by atoms with Crippen LogP contribution in [-0.4, -0.2) is 23.1 Å². The number of hydrogen-bond donors (Lipinski definition) is 0. The van der Waals surface area contributed by atoms with Gasteiger partial charge in [-0.25, -0.2) is 9.97 Å². The Balaban J connectivity index is 1.85. The fraction of sp³-hybridized carbons (Fsp3) is 0.692. The molecule has 1 heterocycles. The van der Waals surface area contributed by atoms with Gasteiger partial charge in [0.25, 0.3) is 0 Å². The van der Waals surface area contributed by atoms with E-state index in [1.807, 2.05) is 6.07 Å². The van der Waals surface area contributed by atoms with Crippen molar-refractivity contribution in [3.8, 4) is 0 Å². The van der Waals surface area contributed by atoms with Crippen molar-refractivity contribution in [3.63, 3.8) is 0 Å². The summed E-state index contributed by atoms with van der Waals surface area (Å²) < 4.78 is 0. The quantitative estimate of drug-likeness (QED) is 0.772. The molecule has 0 aliphatic heterocycles. The van der Waals surface area contributed by atoms with E-state index >= 15 is 0 Å². The molecule has 1 aromatic heterocycles. The van der Waals surface area contributed by atoms with Gasteiger partial charge in [0, 0.05) is 25.1 Å². The van der Waals surface area contributed by atoms with E-state index in [1.54, 1.807) is 0 Å². The molecule has 1 aromatic rings. The highest BCUT2D eigenvalue weighted by molar-refractivity contribution is 6.29. The maximum atomic E-state index is 6.09. The summed E-state index contributed by atoms with van der Waals surface area (Å²) in [6.07, 6.45) is 7.65. The zero-order valence-corrected chi connectivity index (χ0v) is 11.0. The topological polar surface area (TPSA) is 29.0 Å². The molecular formula is C13H18ClN3. The Morgan fingerprint density at radius 3 is 2.53 bits per heavy atom. The van der Waals surface area contributed by atoms with Crippen molar-refractivity contribution in [1.82, 2.24) is 9.97 Å². The molecule has 2 saturated carbocycles. The molecule has 0 aromatic carbocycles. The monoisotopic (exact) mass is 251 g/mol. The molecule has 0 N–H and O–H groups in total. The largest absolute Gasteiger partial charge is 0.357 e. The van der Waals surface area contributed by atoms with Crippen LogP contribution in [0, 0.1) is 0 Å². The van der Waals surface area contributed by atoms with Crippen molar-refractivity contribution >= 4 is 17.4 Å². The molecule has 2 aliphatic carbocycles. The first-order valence-electron chi connectivity index (χ1n) is 6.51. The number of rotatable bonds is 3. The van der Waals surface area contributed by atoms with E-state index in [9.17, 15) is 0 Å². The van der Waals surface area contributed by atoms with Gasteiger partial charge in [0.05, 0.1) is 0 Å². The maximum Gasteiger partial charge on any atom is 0.135 e. The van der Waals surface area contributed by atoms with Crippen LogP contribution in [0.3, 0.4) is 0 Å². The normalized spacial score (nSPS) is 20.8. The third-order valence-corrected chi connectivity index (χ3v) is 4.07. The van der Waals surface area contributed by atoms with Crippen LogP contribution in [-0.2, 0) is 0 Å². The lowest BCUT2D eigenvalue weighted by atomic mass is 10.2. The Morgan fingerprint density at radius 1 is 1.18 bits per heavy atom. The van der Waals surface area contributed by atoms with Gasteiger partial charge in [-0.05, 0) is 25.7 Å². The Bertz CT molecular complexity index is 411. The standard InChI is InChI=1S/C13H18ClN3/c1-17(10-4-2-3-5-10)12-8-11(14)15-13(16-12)9-6-7-9/h8-10H,2-7H2,1H3. The highest BCUT2D eigenvalue weighted by atomic mass is 35.5. The molecule has 0 atom stereocenters. The molecule has 0 amide bonds. The first-order chi connectivity index (χ1) is 8.24. The molecule has 17 heavy (non-hydrogen) atoms. The fourth-order valence-electron chi connectivity index (χ4n) is 2.61. The van der Waals surface area contributed by atoms with Crippen LogP contribution in [0.25, 0.3) is 0 Å².